The molecule has 0 saturated carbocycles. The number of ether oxygens (including phenoxy) is 1. The van der Waals surface area contributed by atoms with Gasteiger partial charge >= 0.3 is 0 Å². The van der Waals surface area contributed by atoms with Crippen LogP contribution in [0.5, 0.6) is 5.75 Å². The molecule has 7 heteroatoms. The van der Waals surface area contributed by atoms with Crippen molar-refractivity contribution >= 4 is 11.6 Å². The van der Waals surface area contributed by atoms with Crippen LogP contribution in [0.25, 0.3) is 11.4 Å². The van der Waals surface area contributed by atoms with Gasteiger partial charge in [-0.05, 0) is 36.8 Å². The average molecular weight is 413 g/mol. The minimum absolute atomic E-state index is 0.573. The van der Waals surface area contributed by atoms with E-state index in [0.717, 1.165) is 49.1 Å². The molecule has 0 spiro atoms. The molecule has 1 aromatic heterocycles. The molecular formula is C22H25ClN4O2. The van der Waals surface area contributed by atoms with Crippen LogP contribution in [-0.2, 0) is 13.1 Å². The molecule has 0 radical (unpaired) electrons. The summed E-state index contributed by atoms with van der Waals surface area (Å²) in [5.74, 6) is 1.98. The van der Waals surface area contributed by atoms with Crippen LogP contribution in [0, 0.1) is 0 Å². The van der Waals surface area contributed by atoms with Gasteiger partial charge in [0.05, 0.1) is 18.7 Å². The van der Waals surface area contributed by atoms with Crippen LogP contribution in [0.4, 0.5) is 0 Å². The maximum Gasteiger partial charge on any atom is 0.241 e. The SMILES string of the molecule is CCOc1ccccc1-c1noc(CN2CCN(Cc3cccc(Cl)c3)CC2)n1. The molecule has 6 nitrogen and oxygen atoms in total. The van der Waals surface area contributed by atoms with E-state index >= 15 is 0 Å². The topological polar surface area (TPSA) is 54.6 Å². The van der Waals surface area contributed by atoms with E-state index in [-0.39, 0.29) is 0 Å². The van der Waals surface area contributed by atoms with Crippen molar-refractivity contribution in [3.8, 4) is 17.1 Å². The van der Waals surface area contributed by atoms with Crippen molar-refractivity contribution in [3.63, 3.8) is 0 Å². The summed E-state index contributed by atoms with van der Waals surface area (Å²) in [5.41, 5.74) is 2.11. The lowest BCUT2D eigenvalue weighted by Gasteiger charge is -2.33. The fraction of sp³-hybridized carbons (Fsp3) is 0.364. The quantitative estimate of drug-likeness (QED) is 0.582. The van der Waals surface area contributed by atoms with Crippen molar-refractivity contribution in [2.24, 2.45) is 0 Å². The standard InChI is InChI=1S/C22H25ClN4O2/c1-2-28-20-9-4-3-8-19(20)22-24-21(29-25-22)16-27-12-10-26(11-13-27)15-17-6-5-7-18(23)14-17/h3-9,14H,2,10-13,15-16H2,1H3. The van der Waals surface area contributed by atoms with Crippen LogP contribution in [0.2, 0.25) is 5.02 Å². The van der Waals surface area contributed by atoms with Gasteiger partial charge in [-0.15, -0.1) is 0 Å². The molecule has 0 unspecified atom stereocenters. The second kappa shape index (κ2) is 9.39. The normalized spacial score (nSPS) is 15.5. The maximum atomic E-state index is 6.09. The first-order valence-corrected chi connectivity index (χ1v) is 10.3. The molecule has 2 heterocycles. The van der Waals surface area contributed by atoms with Crippen LogP contribution >= 0.6 is 11.6 Å². The Bertz CT molecular complexity index is 938. The van der Waals surface area contributed by atoms with E-state index < -0.39 is 0 Å². The highest BCUT2D eigenvalue weighted by molar-refractivity contribution is 6.30. The Balaban J connectivity index is 1.32. The number of rotatable bonds is 7. The number of aromatic nitrogens is 2. The summed E-state index contributed by atoms with van der Waals surface area (Å²) in [4.78, 5) is 9.38. The van der Waals surface area contributed by atoms with E-state index in [2.05, 4.69) is 26.0 Å². The summed E-state index contributed by atoms with van der Waals surface area (Å²) in [6.45, 7) is 8.08. The minimum Gasteiger partial charge on any atom is -0.493 e. The number of halogens is 1. The van der Waals surface area contributed by atoms with Gasteiger partial charge in [-0.1, -0.05) is 41.0 Å². The van der Waals surface area contributed by atoms with Crippen LogP contribution < -0.4 is 4.74 Å². The Morgan fingerprint density at radius 1 is 1.00 bits per heavy atom. The summed E-state index contributed by atoms with van der Waals surface area (Å²) in [7, 11) is 0. The number of hydrogen-bond acceptors (Lipinski definition) is 6. The Kier molecular flexibility index (Phi) is 6.44. The third-order valence-corrected chi connectivity index (χ3v) is 5.25. The summed E-state index contributed by atoms with van der Waals surface area (Å²) >= 11 is 6.09. The number of para-hydroxylation sites is 1. The van der Waals surface area contributed by atoms with Gasteiger partial charge in [0.2, 0.25) is 11.7 Å². The van der Waals surface area contributed by atoms with E-state index in [1.807, 2.05) is 49.4 Å². The monoisotopic (exact) mass is 412 g/mol. The first-order chi connectivity index (χ1) is 14.2. The Hall–Kier alpha value is -2.41. The molecule has 0 bridgehead atoms. The molecule has 3 aromatic rings. The molecule has 0 amide bonds. The maximum absolute atomic E-state index is 6.09. The Morgan fingerprint density at radius 2 is 1.76 bits per heavy atom. The molecule has 4 rings (SSSR count). The summed E-state index contributed by atoms with van der Waals surface area (Å²) < 4.78 is 11.2. The molecule has 29 heavy (non-hydrogen) atoms. The second-order valence-electron chi connectivity index (χ2n) is 7.12. The average Bonchev–Trinajstić information content (AvgIpc) is 3.18. The van der Waals surface area contributed by atoms with Gasteiger partial charge in [-0.3, -0.25) is 9.80 Å². The number of nitrogens with zero attached hydrogens (tertiary/aromatic N) is 4. The summed E-state index contributed by atoms with van der Waals surface area (Å²) in [5, 5.41) is 4.95. The second-order valence-corrected chi connectivity index (χ2v) is 7.56. The Labute approximate surface area is 176 Å². The molecule has 1 fully saturated rings. The first-order valence-electron chi connectivity index (χ1n) is 9.95. The van der Waals surface area contributed by atoms with E-state index in [1.165, 1.54) is 5.56 Å². The minimum atomic E-state index is 0.573. The summed E-state index contributed by atoms with van der Waals surface area (Å²) in [6.07, 6.45) is 0. The van der Waals surface area contributed by atoms with E-state index in [9.17, 15) is 0 Å². The molecule has 0 N–H and O–H groups in total. The molecule has 1 aliphatic heterocycles. The van der Waals surface area contributed by atoms with E-state index in [1.54, 1.807) is 0 Å². The lowest BCUT2D eigenvalue weighted by atomic mass is 10.2. The zero-order valence-electron chi connectivity index (χ0n) is 16.6. The first kappa shape index (κ1) is 19.9. The van der Waals surface area contributed by atoms with Crippen molar-refractivity contribution in [3.05, 3.63) is 65.0 Å². The van der Waals surface area contributed by atoms with Gasteiger partial charge in [0, 0.05) is 37.7 Å². The smallest absolute Gasteiger partial charge is 0.241 e. The highest BCUT2D eigenvalue weighted by atomic mass is 35.5. The molecule has 152 valence electrons. The molecule has 0 atom stereocenters. The van der Waals surface area contributed by atoms with Crippen LogP contribution in [0.15, 0.2) is 53.1 Å². The highest BCUT2D eigenvalue weighted by Crippen LogP contribution is 2.27. The van der Waals surface area contributed by atoms with Crippen molar-refractivity contribution < 1.29 is 9.26 Å². The lowest BCUT2D eigenvalue weighted by Crippen LogP contribution is -2.45. The van der Waals surface area contributed by atoms with Gasteiger partial charge in [0.1, 0.15) is 5.75 Å². The number of hydrogen-bond donors (Lipinski definition) is 0. The third-order valence-electron chi connectivity index (χ3n) is 5.01. The van der Waals surface area contributed by atoms with Gasteiger partial charge in [0.15, 0.2) is 0 Å². The van der Waals surface area contributed by atoms with Crippen molar-refractivity contribution in [1.29, 1.82) is 0 Å². The van der Waals surface area contributed by atoms with Gasteiger partial charge in [-0.25, -0.2) is 0 Å². The number of piperazine rings is 1. The predicted octanol–water partition coefficient (Wildman–Crippen LogP) is 4.11. The van der Waals surface area contributed by atoms with Crippen LogP contribution in [-0.4, -0.2) is 52.7 Å². The van der Waals surface area contributed by atoms with Gasteiger partial charge < -0.3 is 9.26 Å². The fourth-order valence-electron chi connectivity index (χ4n) is 3.55. The summed E-state index contributed by atoms with van der Waals surface area (Å²) in [6, 6.07) is 15.8. The number of benzene rings is 2. The molecule has 2 aromatic carbocycles. The fourth-order valence-corrected chi connectivity index (χ4v) is 3.76. The van der Waals surface area contributed by atoms with E-state index in [0.29, 0.717) is 24.9 Å². The molecular weight excluding hydrogens is 388 g/mol. The van der Waals surface area contributed by atoms with E-state index in [4.69, 9.17) is 20.9 Å². The van der Waals surface area contributed by atoms with Crippen LogP contribution in [0.3, 0.4) is 0 Å². The third kappa shape index (κ3) is 5.15. The zero-order chi connectivity index (χ0) is 20.1. The zero-order valence-corrected chi connectivity index (χ0v) is 17.3. The molecule has 0 aliphatic carbocycles. The van der Waals surface area contributed by atoms with Crippen molar-refractivity contribution in [2.45, 2.75) is 20.0 Å². The van der Waals surface area contributed by atoms with Crippen LogP contribution in [0.1, 0.15) is 18.4 Å². The predicted molar refractivity (Wildman–Crippen MR) is 113 cm³/mol. The molecule has 1 saturated heterocycles. The highest BCUT2D eigenvalue weighted by Gasteiger charge is 2.20. The van der Waals surface area contributed by atoms with Gasteiger partial charge in [0.25, 0.3) is 0 Å². The molecule has 1 aliphatic rings. The van der Waals surface area contributed by atoms with Crippen molar-refractivity contribution in [1.82, 2.24) is 19.9 Å². The lowest BCUT2D eigenvalue weighted by molar-refractivity contribution is 0.112. The Morgan fingerprint density at radius 3 is 2.52 bits per heavy atom. The van der Waals surface area contributed by atoms with Gasteiger partial charge in [-0.2, -0.15) is 4.98 Å². The van der Waals surface area contributed by atoms with Crippen molar-refractivity contribution in [2.75, 3.05) is 32.8 Å². The largest absolute Gasteiger partial charge is 0.493 e.